The molecule has 1 aliphatic rings. The second-order valence-electron chi connectivity index (χ2n) is 8.07. The number of aromatic nitrogens is 1. The van der Waals surface area contributed by atoms with Gasteiger partial charge in [0, 0.05) is 28.7 Å². The first-order chi connectivity index (χ1) is 13.3. The molecule has 2 aromatic heterocycles. The number of hydrogen-bond donors (Lipinski definition) is 0. The van der Waals surface area contributed by atoms with Gasteiger partial charge in [-0.05, 0) is 42.5 Å². The van der Waals surface area contributed by atoms with Gasteiger partial charge in [-0.1, -0.05) is 55.7 Å². The Kier molecular flexibility index (Phi) is 3.19. The Morgan fingerprint density at radius 2 is 1.52 bits per heavy atom. The standard InChI is InChI=1S/C25H23NO/c1-26-21-13-6-5-10-20(21)23-22(26)15-14-19-18-12-7-11-17(24(18)27-25(19)23)16-8-3-2-4-9-16/h5-7,10-16H,2-4,8-9H2,1H3. The molecule has 5 aromatic rings. The summed E-state index contributed by atoms with van der Waals surface area (Å²) in [5.74, 6) is 0.644. The fourth-order valence-corrected chi connectivity index (χ4v) is 5.26. The minimum atomic E-state index is 0.644. The average molecular weight is 353 g/mol. The van der Waals surface area contributed by atoms with Crippen LogP contribution in [0.4, 0.5) is 0 Å². The third-order valence-electron chi connectivity index (χ3n) is 6.62. The van der Waals surface area contributed by atoms with Gasteiger partial charge >= 0.3 is 0 Å². The molecule has 0 saturated heterocycles. The topological polar surface area (TPSA) is 18.1 Å². The Labute approximate surface area is 158 Å². The molecule has 0 unspecified atom stereocenters. The second kappa shape index (κ2) is 5.63. The highest BCUT2D eigenvalue weighted by Crippen LogP contribution is 2.42. The van der Waals surface area contributed by atoms with E-state index in [9.17, 15) is 0 Å². The summed E-state index contributed by atoms with van der Waals surface area (Å²) in [7, 11) is 2.15. The van der Waals surface area contributed by atoms with Crippen LogP contribution >= 0.6 is 0 Å². The maximum atomic E-state index is 6.66. The van der Waals surface area contributed by atoms with Gasteiger partial charge in [-0.3, -0.25) is 0 Å². The minimum Gasteiger partial charge on any atom is -0.455 e. The lowest BCUT2D eigenvalue weighted by molar-refractivity contribution is 0.442. The molecule has 2 heterocycles. The fraction of sp³-hybridized carbons (Fsp3) is 0.280. The van der Waals surface area contributed by atoms with Gasteiger partial charge < -0.3 is 8.98 Å². The van der Waals surface area contributed by atoms with Crippen LogP contribution in [-0.2, 0) is 7.05 Å². The third-order valence-corrected chi connectivity index (χ3v) is 6.62. The number of fused-ring (bicyclic) bond motifs is 7. The Hall–Kier alpha value is -2.74. The molecule has 3 aromatic carbocycles. The normalized spacial score (nSPS) is 16.2. The van der Waals surface area contributed by atoms with Crippen molar-refractivity contribution >= 4 is 43.7 Å². The number of benzene rings is 3. The molecule has 1 saturated carbocycles. The zero-order valence-electron chi connectivity index (χ0n) is 15.7. The average Bonchev–Trinajstić information content (AvgIpc) is 3.25. The summed E-state index contributed by atoms with van der Waals surface area (Å²) in [4.78, 5) is 0. The number of rotatable bonds is 1. The molecule has 0 spiro atoms. The van der Waals surface area contributed by atoms with E-state index >= 15 is 0 Å². The predicted octanol–water partition coefficient (Wildman–Crippen LogP) is 7.28. The first kappa shape index (κ1) is 15.3. The Balaban J connectivity index is 1.74. The summed E-state index contributed by atoms with van der Waals surface area (Å²) in [5.41, 5.74) is 6.06. The van der Waals surface area contributed by atoms with E-state index in [2.05, 4.69) is 66.2 Å². The summed E-state index contributed by atoms with van der Waals surface area (Å²) < 4.78 is 8.94. The van der Waals surface area contributed by atoms with Crippen LogP contribution in [0.3, 0.4) is 0 Å². The maximum absolute atomic E-state index is 6.66. The van der Waals surface area contributed by atoms with Gasteiger partial charge in [0.05, 0.1) is 10.9 Å². The lowest BCUT2D eigenvalue weighted by Gasteiger charge is -2.21. The van der Waals surface area contributed by atoms with E-state index in [0.29, 0.717) is 5.92 Å². The zero-order chi connectivity index (χ0) is 18.0. The van der Waals surface area contributed by atoms with Crippen molar-refractivity contribution in [3.63, 3.8) is 0 Å². The Bertz CT molecular complexity index is 1310. The summed E-state index contributed by atoms with van der Waals surface area (Å²) >= 11 is 0. The number of para-hydroxylation sites is 2. The maximum Gasteiger partial charge on any atom is 0.145 e. The lowest BCUT2D eigenvalue weighted by atomic mass is 9.83. The van der Waals surface area contributed by atoms with E-state index in [0.717, 1.165) is 11.2 Å². The van der Waals surface area contributed by atoms with E-state index < -0.39 is 0 Å². The van der Waals surface area contributed by atoms with E-state index in [-0.39, 0.29) is 0 Å². The third kappa shape index (κ3) is 2.07. The molecule has 2 heteroatoms. The molecule has 2 nitrogen and oxygen atoms in total. The van der Waals surface area contributed by atoms with E-state index in [1.165, 1.54) is 70.2 Å². The van der Waals surface area contributed by atoms with Crippen molar-refractivity contribution in [2.24, 2.45) is 7.05 Å². The molecule has 0 radical (unpaired) electrons. The van der Waals surface area contributed by atoms with Crippen LogP contribution in [0.25, 0.3) is 43.7 Å². The van der Waals surface area contributed by atoms with Crippen molar-refractivity contribution in [2.75, 3.05) is 0 Å². The van der Waals surface area contributed by atoms with Crippen molar-refractivity contribution in [1.29, 1.82) is 0 Å². The molecule has 0 N–H and O–H groups in total. The Morgan fingerprint density at radius 3 is 2.41 bits per heavy atom. The van der Waals surface area contributed by atoms with Crippen LogP contribution in [0, 0.1) is 0 Å². The van der Waals surface area contributed by atoms with Gasteiger partial charge in [-0.2, -0.15) is 0 Å². The van der Waals surface area contributed by atoms with Gasteiger partial charge in [0.2, 0.25) is 0 Å². The number of nitrogens with zero attached hydrogens (tertiary/aromatic N) is 1. The molecule has 0 aliphatic heterocycles. The smallest absolute Gasteiger partial charge is 0.145 e. The molecule has 0 amide bonds. The quantitative estimate of drug-likeness (QED) is 0.310. The van der Waals surface area contributed by atoms with E-state index in [1.54, 1.807) is 0 Å². The van der Waals surface area contributed by atoms with Crippen LogP contribution in [-0.4, -0.2) is 4.57 Å². The SMILES string of the molecule is Cn1c2ccccc2c2c3oc4c(C5CCCCC5)cccc4c3ccc21. The molecule has 6 rings (SSSR count). The number of aryl methyl sites for hydroxylation is 1. The van der Waals surface area contributed by atoms with Gasteiger partial charge in [0.25, 0.3) is 0 Å². The van der Waals surface area contributed by atoms with Crippen molar-refractivity contribution in [1.82, 2.24) is 4.57 Å². The van der Waals surface area contributed by atoms with Crippen LogP contribution in [0.1, 0.15) is 43.6 Å². The lowest BCUT2D eigenvalue weighted by Crippen LogP contribution is -2.04. The Morgan fingerprint density at radius 1 is 0.741 bits per heavy atom. The van der Waals surface area contributed by atoms with Crippen molar-refractivity contribution < 1.29 is 4.42 Å². The van der Waals surface area contributed by atoms with Crippen LogP contribution in [0.5, 0.6) is 0 Å². The molecular formula is C25H23NO. The highest BCUT2D eigenvalue weighted by atomic mass is 16.3. The largest absolute Gasteiger partial charge is 0.455 e. The van der Waals surface area contributed by atoms with Gasteiger partial charge in [0.1, 0.15) is 11.2 Å². The molecule has 0 bridgehead atoms. The van der Waals surface area contributed by atoms with Gasteiger partial charge in [-0.25, -0.2) is 0 Å². The highest BCUT2D eigenvalue weighted by molar-refractivity contribution is 6.23. The molecule has 1 aliphatic carbocycles. The highest BCUT2D eigenvalue weighted by Gasteiger charge is 2.22. The molecular weight excluding hydrogens is 330 g/mol. The summed E-state index contributed by atoms with van der Waals surface area (Å²) in [5, 5.41) is 5.03. The molecule has 27 heavy (non-hydrogen) atoms. The van der Waals surface area contributed by atoms with Crippen LogP contribution < -0.4 is 0 Å². The molecule has 0 atom stereocenters. The van der Waals surface area contributed by atoms with Crippen molar-refractivity contribution in [2.45, 2.75) is 38.0 Å². The van der Waals surface area contributed by atoms with Crippen LogP contribution in [0.15, 0.2) is 59.0 Å². The number of furan rings is 1. The summed E-state index contributed by atoms with van der Waals surface area (Å²) in [6.45, 7) is 0. The monoisotopic (exact) mass is 353 g/mol. The van der Waals surface area contributed by atoms with Crippen molar-refractivity contribution in [3.8, 4) is 0 Å². The summed E-state index contributed by atoms with van der Waals surface area (Å²) in [6, 6.07) is 19.9. The first-order valence-corrected chi connectivity index (χ1v) is 10.1. The van der Waals surface area contributed by atoms with E-state index in [4.69, 9.17) is 4.42 Å². The zero-order valence-corrected chi connectivity index (χ0v) is 15.7. The molecule has 134 valence electrons. The second-order valence-corrected chi connectivity index (χ2v) is 8.07. The number of hydrogen-bond acceptors (Lipinski definition) is 1. The van der Waals surface area contributed by atoms with Gasteiger partial charge in [0.15, 0.2) is 0 Å². The molecule has 1 fully saturated rings. The van der Waals surface area contributed by atoms with Crippen LogP contribution in [0.2, 0.25) is 0 Å². The summed E-state index contributed by atoms with van der Waals surface area (Å²) in [6.07, 6.45) is 6.65. The first-order valence-electron chi connectivity index (χ1n) is 10.1. The minimum absolute atomic E-state index is 0.644. The fourth-order valence-electron chi connectivity index (χ4n) is 5.26. The van der Waals surface area contributed by atoms with Gasteiger partial charge in [-0.15, -0.1) is 0 Å². The van der Waals surface area contributed by atoms with Crippen molar-refractivity contribution in [3.05, 3.63) is 60.2 Å². The predicted molar refractivity (Wildman–Crippen MR) is 114 cm³/mol. The van der Waals surface area contributed by atoms with E-state index in [1.807, 2.05) is 0 Å².